The second-order valence-corrected chi connectivity index (χ2v) is 5.24. The monoisotopic (exact) mass is 226 g/mol. The van der Waals surface area contributed by atoms with Crippen LogP contribution in [0.2, 0.25) is 0 Å². The summed E-state index contributed by atoms with van der Waals surface area (Å²) in [5.41, 5.74) is 1.70. The number of quaternary nitrogens is 1. The van der Waals surface area contributed by atoms with Gasteiger partial charge in [0.25, 0.3) is 0 Å². The molecule has 1 nitrogen and oxygen atoms in total. The fourth-order valence-electron chi connectivity index (χ4n) is 2.72. The van der Waals surface area contributed by atoms with Crippen molar-refractivity contribution in [3.63, 3.8) is 0 Å². The van der Waals surface area contributed by atoms with Gasteiger partial charge >= 0.3 is 21.7 Å². The van der Waals surface area contributed by atoms with Crippen molar-refractivity contribution in [2.24, 2.45) is 5.92 Å². The van der Waals surface area contributed by atoms with E-state index in [0.717, 1.165) is 16.4 Å². The number of likely N-dealkylation sites (N-methyl/N-ethyl adjacent to an activating group) is 1. The minimum Gasteiger partial charge on any atom is -0.325 e. The molecule has 0 heterocycles. The molecule has 0 aromatic rings. The maximum atomic E-state index is 2.36. The molecule has 2 heteroatoms. The standard InChI is InChI=1S/C12H20N.Ti/c1-13(2,3)12-9-8-10-6-4-5-7-11(10)12;/h4-5,7,10,12H,6,8-9H2,1-3H3;/q+1;+4. The molecular weight excluding hydrogens is 206 g/mol. The molecule has 0 saturated heterocycles. The average molecular weight is 226 g/mol. The van der Waals surface area contributed by atoms with Gasteiger partial charge < -0.3 is 4.48 Å². The van der Waals surface area contributed by atoms with Crippen LogP contribution in [0, 0.1) is 5.92 Å². The Morgan fingerprint density at radius 1 is 1.21 bits per heavy atom. The molecule has 0 amide bonds. The van der Waals surface area contributed by atoms with Gasteiger partial charge in [-0.05, 0) is 24.3 Å². The molecule has 0 aromatic heterocycles. The third-order valence-corrected chi connectivity index (χ3v) is 3.43. The molecule has 14 heavy (non-hydrogen) atoms. The molecule has 2 unspecified atom stereocenters. The maximum absolute atomic E-state index is 2.36. The Balaban J connectivity index is 0.000000980. The molecule has 0 bridgehead atoms. The first-order valence-electron chi connectivity index (χ1n) is 5.27. The number of rotatable bonds is 1. The minimum atomic E-state index is 0. The summed E-state index contributed by atoms with van der Waals surface area (Å²) in [6, 6.07) is 0.773. The van der Waals surface area contributed by atoms with Gasteiger partial charge in [0.2, 0.25) is 0 Å². The largest absolute Gasteiger partial charge is 4.00 e. The predicted octanol–water partition coefficient (Wildman–Crippen LogP) is 2.36. The van der Waals surface area contributed by atoms with Gasteiger partial charge in [0.1, 0.15) is 6.04 Å². The summed E-state index contributed by atoms with van der Waals surface area (Å²) in [7, 11) is 6.94. The number of allylic oxidation sites excluding steroid dienone is 3. The smallest absolute Gasteiger partial charge is 0.325 e. The Morgan fingerprint density at radius 3 is 2.57 bits per heavy atom. The summed E-state index contributed by atoms with van der Waals surface area (Å²) in [5.74, 6) is 0.868. The van der Waals surface area contributed by atoms with Crippen molar-refractivity contribution >= 4 is 0 Å². The normalized spacial score (nSPS) is 30.6. The Labute approximate surface area is 102 Å². The van der Waals surface area contributed by atoms with Crippen LogP contribution in [0.25, 0.3) is 0 Å². The molecule has 0 N–H and O–H groups in total. The van der Waals surface area contributed by atoms with Crippen LogP contribution in [0.3, 0.4) is 0 Å². The second-order valence-electron chi connectivity index (χ2n) is 5.24. The number of fused-ring (bicyclic) bond motifs is 1. The Kier molecular flexibility index (Phi) is 3.79. The van der Waals surface area contributed by atoms with Gasteiger partial charge in [-0.3, -0.25) is 0 Å². The van der Waals surface area contributed by atoms with Gasteiger partial charge in [-0.2, -0.15) is 0 Å². The Morgan fingerprint density at radius 2 is 1.93 bits per heavy atom. The minimum absolute atomic E-state index is 0. The first-order chi connectivity index (χ1) is 6.09. The second kappa shape index (κ2) is 4.34. The van der Waals surface area contributed by atoms with Crippen LogP contribution >= 0.6 is 0 Å². The summed E-state index contributed by atoms with van der Waals surface area (Å²) < 4.78 is 1.09. The van der Waals surface area contributed by atoms with Crippen LogP contribution in [0.4, 0.5) is 0 Å². The number of hydrogen-bond acceptors (Lipinski definition) is 0. The van der Waals surface area contributed by atoms with Gasteiger partial charge in [0.05, 0.1) is 21.1 Å². The average Bonchev–Trinajstić information content (AvgIpc) is 2.45. The van der Waals surface area contributed by atoms with Crippen molar-refractivity contribution in [2.75, 3.05) is 21.1 Å². The van der Waals surface area contributed by atoms with Crippen molar-refractivity contribution < 1.29 is 26.2 Å². The maximum Gasteiger partial charge on any atom is 4.00 e. The van der Waals surface area contributed by atoms with Crippen molar-refractivity contribution in [2.45, 2.75) is 25.3 Å². The zero-order valence-electron chi connectivity index (χ0n) is 9.46. The molecule has 2 aliphatic rings. The van der Waals surface area contributed by atoms with Gasteiger partial charge in [0, 0.05) is 6.42 Å². The van der Waals surface area contributed by atoms with E-state index in [0.29, 0.717) is 0 Å². The first kappa shape index (κ1) is 12.2. The quantitative estimate of drug-likeness (QED) is 0.475. The van der Waals surface area contributed by atoms with E-state index in [4.69, 9.17) is 0 Å². The summed E-state index contributed by atoms with van der Waals surface area (Å²) >= 11 is 0. The van der Waals surface area contributed by atoms with E-state index in [-0.39, 0.29) is 21.7 Å². The molecule has 0 aliphatic heterocycles. The molecule has 72 valence electrons. The van der Waals surface area contributed by atoms with E-state index in [2.05, 4.69) is 39.4 Å². The van der Waals surface area contributed by atoms with E-state index in [9.17, 15) is 0 Å². The van der Waals surface area contributed by atoms with Crippen molar-refractivity contribution in [1.29, 1.82) is 0 Å². The molecule has 1 fully saturated rings. The molecule has 1 saturated carbocycles. The summed E-state index contributed by atoms with van der Waals surface area (Å²) in [6.07, 6.45) is 11.0. The third kappa shape index (κ3) is 2.21. The number of nitrogens with zero attached hydrogens (tertiary/aromatic N) is 1. The molecular formula is C12H20NTi+5. The Hall–Kier alpha value is 0.154. The van der Waals surface area contributed by atoms with Gasteiger partial charge in [-0.15, -0.1) is 0 Å². The van der Waals surface area contributed by atoms with Crippen LogP contribution < -0.4 is 0 Å². The van der Waals surface area contributed by atoms with Crippen LogP contribution in [-0.4, -0.2) is 31.7 Å². The van der Waals surface area contributed by atoms with E-state index >= 15 is 0 Å². The molecule has 0 radical (unpaired) electrons. The van der Waals surface area contributed by atoms with Crippen molar-refractivity contribution in [1.82, 2.24) is 0 Å². The van der Waals surface area contributed by atoms with Gasteiger partial charge in [-0.25, -0.2) is 0 Å². The van der Waals surface area contributed by atoms with Crippen molar-refractivity contribution in [3.8, 4) is 0 Å². The van der Waals surface area contributed by atoms with Crippen LogP contribution in [0.1, 0.15) is 19.3 Å². The summed E-state index contributed by atoms with van der Waals surface area (Å²) in [5, 5.41) is 0. The molecule has 2 aliphatic carbocycles. The summed E-state index contributed by atoms with van der Waals surface area (Å²) in [6.45, 7) is 0. The fraction of sp³-hybridized carbons (Fsp3) is 0.667. The van der Waals surface area contributed by atoms with Gasteiger partial charge in [0.15, 0.2) is 0 Å². The third-order valence-electron chi connectivity index (χ3n) is 3.43. The van der Waals surface area contributed by atoms with E-state index in [1.54, 1.807) is 5.57 Å². The Bertz CT molecular complexity index is 260. The molecule has 2 atom stereocenters. The van der Waals surface area contributed by atoms with Crippen LogP contribution in [0.5, 0.6) is 0 Å². The zero-order valence-corrected chi connectivity index (χ0v) is 11.0. The summed E-state index contributed by atoms with van der Waals surface area (Å²) in [4.78, 5) is 0. The van der Waals surface area contributed by atoms with Crippen LogP contribution in [0.15, 0.2) is 23.8 Å². The van der Waals surface area contributed by atoms with E-state index in [1.807, 2.05) is 0 Å². The molecule has 2 rings (SSSR count). The zero-order chi connectivity index (χ0) is 9.47. The first-order valence-corrected chi connectivity index (χ1v) is 5.27. The van der Waals surface area contributed by atoms with Crippen molar-refractivity contribution in [3.05, 3.63) is 23.8 Å². The molecule has 0 aromatic carbocycles. The van der Waals surface area contributed by atoms with E-state index in [1.165, 1.54) is 19.3 Å². The number of hydrogen-bond donors (Lipinski definition) is 0. The van der Waals surface area contributed by atoms with Crippen LogP contribution in [-0.2, 0) is 21.7 Å². The fourth-order valence-corrected chi connectivity index (χ4v) is 2.72. The SMILES string of the molecule is C[N+](C)(C)C1CCC2CC=CC=C21.[Ti+4]. The topological polar surface area (TPSA) is 0 Å². The van der Waals surface area contributed by atoms with E-state index < -0.39 is 0 Å². The molecule has 0 spiro atoms. The predicted molar refractivity (Wildman–Crippen MR) is 56.4 cm³/mol. The van der Waals surface area contributed by atoms with Gasteiger partial charge in [-0.1, -0.05) is 18.2 Å².